The number of carbonyl (C=O) groups is 2. The van der Waals surface area contributed by atoms with E-state index >= 15 is 0 Å². The number of carboxylic acids is 1. The van der Waals surface area contributed by atoms with E-state index in [-0.39, 0.29) is 11.8 Å². The quantitative estimate of drug-likeness (QED) is 0.862. The summed E-state index contributed by atoms with van der Waals surface area (Å²) in [6.07, 6.45) is 1.25. The highest BCUT2D eigenvalue weighted by Gasteiger charge is 2.23. The largest absolute Gasteiger partial charge is 0.481 e. The lowest BCUT2D eigenvalue weighted by atomic mass is 10.0. The normalized spacial score (nSPS) is 19.6. The Bertz CT molecular complexity index is 477. The van der Waals surface area contributed by atoms with E-state index in [1.54, 1.807) is 19.1 Å². The van der Waals surface area contributed by atoms with Gasteiger partial charge in [-0.1, -0.05) is 19.1 Å². The fourth-order valence-corrected chi connectivity index (χ4v) is 2.15. The molecule has 1 saturated heterocycles. The SMILES string of the molecule is C[C@H](Cc1ccc(NC(=O)[C@H]2CCOC2)cc1)C(=O)O. The van der Waals surface area contributed by atoms with Crippen molar-refractivity contribution in [2.45, 2.75) is 19.8 Å². The van der Waals surface area contributed by atoms with Gasteiger partial charge in [-0.05, 0) is 30.5 Å². The van der Waals surface area contributed by atoms with E-state index in [4.69, 9.17) is 9.84 Å². The number of hydrogen-bond donors (Lipinski definition) is 2. The molecule has 1 fully saturated rings. The number of benzene rings is 1. The molecule has 5 heteroatoms. The van der Waals surface area contributed by atoms with Gasteiger partial charge in [0.25, 0.3) is 0 Å². The molecule has 0 spiro atoms. The van der Waals surface area contributed by atoms with E-state index in [2.05, 4.69) is 5.32 Å². The Kier molecular flexibility index (Phi) is 4.74. The lowest BCUT2D eigenvalue weighted by Crippen LogP contribution is -2.22. The Hall–Kier alpha value is -1.88. The zero-order valence-electron chi connectivity index (χ0n) is 11.5. The van der Waals surface area contributed by atoms with Gasteiger partial charge in [-0.2, -0.15) is 0 Å². The number of ether oxygens (including phenoxy) is 1. The molecular weight excluding hydrogens is 258 g/mol. The van der Waals surface area contributed by atoms with Crippen LogP contribution in [0.4, 0.5) is 5.69 Å². The van der Waals surface area contributed by atoms with Crippen molar-refractivity contribution in [3.05, 3.63) is 29.8 Å². The number of rotatable bonds is 5. The molecule has 1 heterocycles. The van der Waals surface area contributed by atoms with Crippen LogP contribution in [0, 0.1) is 11.8 Å². The van der Waals surface area contributed by atoms with Gasteiger partial charge >= 0.3 is 5.97 Å². The molecule has 0 radical (unpaired) electrons. The summed E-state index contributed by atoms with van der Waals surface area (Å²) < 4.78 is 5.18. The van der Waals surface area contributed by atoms with Gasteiger partial charge in [0, 0.05) is 12.3 Å². The molecular formula is C15H19NO4. The summed E-state index contributed by atoms with van der Waals surface area (Å²) in [5.41, 5.74) is 1.68. The zero-order valence-corrected chi connectivity index (χ0v) is 11.5. The van der Waals surface area contributed by atoms with Crippen LogP contribution in [-0.4, -0.2) is 30.2 Å². The Morgan fingerprint density at radius 3 is 2.65 bits per heavy atom. The maximum Gasteiger partial charge on any atom is 0.306 e. The summed E-state index contributed by atoms with van der Waals surface area (Å²) in [4.78, 5) is 22.7. The molecule has 2 atom stereocenters. The van der Waals surface area contributed by atoms with E-state index in [0.29, 0.717) is 19.6 Å². The molecule has 108 valence electrons. The second kappa shape index (κ2) is 6.52. The summed E-state index contributed by atoms with van der Waals surface area (Å²) >= 11 is 0. The molecule has 1 aliphatic rings. The van der Waals surface area contributed by atoms with E-state index in [0.717, 1.165) is 17.7 Å². The predicted octanol–water partition coefficient (Wildman–Crippen LogP) is 1.92. The standard InChI is InChI=1S/C15H19NO4/c1-10(15(18)19)8-11-2-4-13(5-3-11)16-14(17)12-6-7-20-9-12/h2-5,10,12H,6-9H2,1H3,(H,16,17)(H,18,19)/t10-,12+/m1/s1. The van der Waals surface area contributed by atoms with E-state index < -0.39 is 11.9 Å². The average Bonchev–Trinajstić information content (AvgIpc) is 2.95. The minimum atomic E-state index is -0.802. The van der Waals surface area contributed by atoms with Gasteiger partial charge in [0.15, 0.2) is 0 Å². The predicted molar refractivity (Wildman–Crippen MR) is 74.5 cm³/mol. The molecule has 0 unspecified atom stereocenters. The van der Waals surface area contributed by atoms with Gasteiger partial charge < -0.3 is 15.2 Å². The molecule has 0 bridgehead atoms. The third kappa shape index (κ3) is 3.81. The van der Waals surface area contributed by atoms with Crippen molar-refractivity contribution in [3.63, 3.8) is 0 Å². The number of nitrogens with one attached hydrogen (secondary N) is 1. The van der Waals surface area contributed by atoms with Crippen molar-refractivity contribution in [2.24, 2.45) is 11.8 Å². The molecule has 0 saturated carbocycles. The summed E-state index contributed by atoms with van der Waals surface area (Å²) in [7, 11) is 0. The molecule has 5 nitrogen and oxygen atoms in total. The van der Waals surface area contributed by atoms with E-state index in [9.17, 15) is 9.59 Å². The fraction of sp³-hybridized carbons (Fsp3) is 0.467. The van der Waals surface area contributed by atoms with Crippen LogP contribution in [0.25, 0.3) is 0 Å². The van der Waals surface area contributed by atoms with Gasteiger partial charge in [-0.15, -0.1) is 0 Å². The third-order valence-corrected chi connectivity index (χ3v) is 3.49. The van der Waals surface area contributed by atoms with Crippen LogP contribution in [0.5, 0.6) is 0 Å². The minimum Gasteiger partial charge on any atom is -0.481 e. The first kappa shape index (κ1) is 14.5. The van der Waals surface area contributed by atoms with Crippen molar-refractivity contribution in [2.75, 3.05) is 18.5 Å². The van der Waals surface area contributed by atoms with Gasteiger partial charge in [0.05, 0.1) is 18.4 Å². The molecule has 1 aliphatic heterocycles. The molecule has 0 aromatic heterocycles. The number of anilines is 1. The first-order valence-corrected chi connectivity index (χ1v) is 6.76. The van der Waals surface area contributed by atoms with Crippen LogP contribution >= 0.6 is 0 Å². The summed E-state index contributed by atoms with van der Waals surface area (Å²) in [6, 6.07) is 7.30. The third-order valence-electron chi connectivity index (χ3n) is 3.49. The Morgan fingerprint density at radius 2 is 2.10 bits per heavy atom. The molecule has 1 aromatic carbocycles. The van der Waals surface area contributed by atoms with Crippen LogP contribution in [0.15, 0.2) is 24.3 Å². The van der Waals surface area contributed by atoms with Crippen LogP contribution in [-0.2, 0) is 20.7 Å². The first-order valence-electron chi connectivity index (χ1n) is 6.76. The fourth-order valence-electron chi connectivity index (χ4n) is 2.15. The topological polar surface area (TPSA) is 75.6 Å². The van der Waals surface area contributed by atoms with Crippen LogP contribution in [0.1, 0.15) is 18.9 Å². The maximum absolute atomic E-state index is 11.9. The van der Waals surface area contributed by atoms with E-state index in [1.807, 2.05) is 12.1 Å². The highest BCUT2D eigenvalue weighted by molar-refractivity contribution is 5.92. The number of aliphatic carboxylic acids is 1. The van der Waals surface area contributed by atoms with Crippen molar-refractivity contribution >= 4 is 17.6 Å². The average molecular weight is 277 g/mol. The van der Waals surface area contributed by atoms with Gasteiger partial charge in [-0.3, -0.25) is 9.59 Å². The van der Waals surface area contributed by atoms with Crippen LogP contribution < -0.4 is 5.32 Å². The second-order valence-corrected chi connectivity index (χ2v) is 5.19. The Morgan fingerprint density at radius 1 is 1.40 bits per heavy atom. The van der Waals surface area contributed by atoms with Gasteiger partial charge in [0.2, 0.25) is 5.91 Å². The smallest absolute Gasteiger partial charge is 0.306 e. The number of carboxylic acid groups (broad SMARTS) is 1. The van der Waals surface area contributed by atoms with Crippen molar-refractivity contribution in [3.8, 4) is 0 Å². The summed E-state index contributed by atoms with van der Waals surface area (Å²) in [5, 5.41) is 11.7. The van der Waals surface area contributed by atoms with Crippen LogP contribution in [0.2, 0.25) is 0 Å². The van der Waals surface area contributed by atoms with Crippen molar-refractivity contribution in [1.29, 1.82) is 0 Å². The second-order valence-electron chi connectivity index (χ2n) is 5.19. The number of carbonyl (C=O) groups excluding carboxylic acids is 1. The van der Waals surface area contributed by atoms with Crippen molar-refractivity contribution in [1.82, 2.24) is 0 Å². The maximum atomic E-state index is 11.9. The summed E-state index contributed by atoms with van der Waals surface area (Å²) in [6.45, 7) is 2.81. The zero-order chi connectivity index (χ0) is 14.5. The summed E-state index contributed by atoms with van der Waals surface area (Å²) in [5.74, 6) is -1.30. The molecule has 20 heavy (non-hydrogen) atoms. The number of amides is 1. The molecule has 1 amide bonds. The van der Waals surface area contributed by atoms with Crippen molar-refractivity contribution < 1.29 is 19.4 Å². The lowest BCUT2D eigenvalue weighted by molar-refractivity contribution is -0.141. The monoisotopic (exact) mass is 277 g/mol. The minimum absolute atomic E-state index is 0.0193. The number of hydrogen-bond acceptors (Lipinski definition) is 3. The first-order chi connectivity index (χ1) is 9.56. The highest BCUT2D eigenvalue weighted by atomic mass is 16.5. The molecule has 1 aromatic rings. The highest BCUT2D eigenvalue weighted by Crippen LogP contribution is 2.17. The molecule has 2 N–H and O–H groups in total. The van der Waals surface area contributed by atoms with Gasteiger partial charge in [0.1, 0.15) is 0 Å². The molecule has 0 aliphatic carbocycles. The van der Waals surface area contributed by atoms with E-state index in [1.165, 1.54) is 0 Å². The molecule has 2 rings (SSSR count). The lowest BCUT2D eigenvalue weighted by Gasteiger charge is -2.10. The Labute approximate surface area is 117 Å². The van der Waals surface area contributed by atoms with Gasteiger partial charge in [-0.25, -0.2) is 0 Å². The van der Waals surface area contributed by atoms with Crippen LogP contribution in [0.3, 0.4) is 0 Å². The Balaban J connectivity index is 1.91.